The number of nitrogens with one attached hydrogen (secondary N) is 1. The van der Waals surface area contributed by atoms with Gasteiger partial charge in [0.25, 0.3) is 0 Å². The molecule has 144 valence electrons. The van der Waals surface area contributed by atoms with Gasteiger partial charge in [0.15, 0.2) is 5.82 Å². The van der Waals surface area contributed by atoms with Crippen LogP contribution in [0.1, 0.15) is 37.8 Å². The molecule has 0 bridgehead atoms. The van der Waals surface area contributed by atoms with Gasteiger partial charge in [-0.15, -0.1) is 0 Å². The third-order valence-corrected chi connectivity index (χ3v) is 5.07. The van der Waals surface area contributed by atoms with E-state index in [1.807, 2.05) is 43.3 Å². The Hall–Kier alpha value is -2.27. The van der Waals surface area contributed by atoms with Gasteiger partial charge in [-0.3, -0.25) is 4.79 Å². The van der Waals surface area contributed by atoms with E-state index in [1.165, 1.54) is 12.0 Å². The van der Waals surface area contributed by atoms with Gasteiger partial charge in [0, 0.05) is 49.1 Å². The Labute approximate surface area is 162 Å². The fourth-order valence-corrected chi connectivity index (χ4v) is 3.60. The third-order valence-electron chi connectivity index (χ3n) is 5.07. The second-order valence-corrected chi connectivity index (χ2v) is 7.86. The molecule has 2 heterocycles. The van der Waals surface area contributed by atoms with Crippen LogP contribution in [0.5, 0.6) is 0 Å². The van der Waals surface area contributed by atoms with Crippen LogP contribution in [0.3, 0.4) is 0 Å². The number of benzene rings is 1. The van der Waals surface area contributed by atoms with Crippen LogP contribution in [0.4, 0.5) is 0 Å². The molecule has 2 aromatic rings. The number of likely N-dealkylation sites (tertiary alicyclic amines) is 1. The van der Waals surface area contributed by atoms with Crippen molar-refractivity contribution in [3.63, 3.8) is 0 Å². The Kier molecular flexibility index (Phi) is 6.56. The van der Waals surface area contributed by atoms with Crippen LogP contribution in [0.25, 0.3) is 11.4 Å². The van der Waals surface area contributed by atoms with Gasteiger partial charge in [-0.1, -0.05) is 37.6 Å². The molecule has 0 radical (unpaired) electrons. The van der Waals surface area contributed by atoms with Gasteiger partial charge < -0.3 is 10.2 Å². The molecule has 0 unspecified atom stereocenters. The summed E-state index contributed by atoms with van der Waals surface area (Å²) in [5.41, 5.74) is 3.34. The highest BCUT2D eigenvalue weighted by molar-refractivity contribution is 5.78. The summed E-state index contributed by atoms with van der Waals surface area (Å²) in [5, 5.41) is 3.51. The summed E-state index contributed by atoms with van der Waals surface area (Å²) in [7, 11) is 0. The van der Waals surface area contributed by atoms with Crippen LogP contribution in [0.15, 0.2) is 36.7 Å². The van der Waals surface area contributed by atoms with Gasteiger partial charge >= 0.3 is 0 Å². The van der Waals surface area contributed by atoms with Gasteiger partial charge in [-0.2, -0.15) is 0 Å². The normalized spacial score (nSPS) is 17.3. The Morgan fingerprint density at radius 1 is 1.30 bits per heavy atom. The van der Waals surface area contributed by atoms with Gasteiger partial charge in [0.1, 0.15) is 0 Å². The minimum atomic E-state index is 0.0841. The lowest BCUT2D eigenvalue weighted by Gasteiger charge is -2.34. The van der Waals surface area contributed by atoms with Crippen molar-refractivity contribution >= 4 is 5.91 Å². The first kappa shape index (κ1) is 19.5. The maximum absolute atomic E-state index is 12.2. The van der Waals surface area contributed by atoms with Crippen LogP contribution < -0.4 is 5.32 Å². The number of aryl methyl sites for hydroxylation is 1. The number of rotatable bonds is 6. The number of piperidine rings is 1. The Morgan fingerprint density at radius 3 is 2.78 bits per heavy atom. The van der Waals surface area contributed by atoms with Gasteiger partial charge in [0.05, 0.1) is 0 Å². The van der Waals surface area contributed by atoms with Crippen molar-refractivity contribution in [1.29, 1.82) is 0 Å². The highest BCUT2D eigenvalue weighted by Crippen LogP contribution is 2.18. The molecule has 5 nitrogen and oxygen atoms in total. The van der Waals surface area contributed by atoms with E-state index in [2.05, 4.69) is 34.3 Å². The number of aromatic nitrogens is 2. The van der Waals surface area contributed by atoms with Gasteiger partial charge in [-0.05, 0) is 38.3 Å². The molecule has 5 heteroatoms. The number of nitrogens with zero attached hydrogens (tertiary/aromatic N) is 3. The van der Waals surface area contributed by atoms with Crippen molar-refractivity contribution in [2.24, 2.45) is 11.8 Å². The second kappa shape index (κ2) is 9.09. The predicted molar refractivity (Wildman–Crippen MR) is 108 cm³/mol. The Morgan fingerprint density at radius 2 is 2.07 bits per heavy atom. The molecule has 1 aromatic heterocycles. The summed E-state index contributed by atoms with van der Waals surface area (Å²) in [6, 6.07) is 8.23. The van der Waals surface area contributed by atoms with E-state index in [0.29, 0.717) is 5.92 Å². The lowest BCUT2D eigenvalue weighted by atomic mass is 9.97. The molecule has 1 amide bonds. The van der Waals surface area contributed by atoms with Gasteiger partial charge in [0.2, 0.25) is 5.91 Å². The van der Waals surface area contributed by atoms with Crippen LogP contribution in [-0.4, -0.2) is 40.4 Å². The molecule has 1 saturated heterocycles. The first-order chi connectivity index (χ1) is 13.0. The lowest BCUT2D eigenvalue weighted by molar-refractivity contribution is -0.136. The SMILES string of the molecule is Cc1cccc(-c2ncc(CNC[C@H]3CCCN(C(=O)C(C)C)C3)cn2)c1. The van der Waals surface area contributed by atoms with E-state index in [9.17, 15) is 4.79 Å². The van der Waals surface area contributed by atoms with Crippen LogP contribution in [0.2, 0.25) is 0 Å². The summed E-state index contributed by atoms with van der Waals surface area (Å²) in [5.74, 6) is 1.65. The monoisotopic (exact) mass is 366 g/mol. The third kappa shape index (κ3) is 5.36. The van der Waals surface area contributed by atoms with E-state index in [4.69, 9.17) is 0 Å². The van der Waals surface area contributed by atoms with Gasteiger partial charge in [-0.25, -0.2) is 9.97 Å². The number of carbonyl (C=O) groups excluding carboxylic acids is 1. The summed E-state index contributed by atoms with van der Waals surface area (Å²) in [4.78, 5) is 23.2. The number of amides is 1. The molecule has 0 aliphatic carbocycles. The first-order valence-electron chi connectivity index (χ1n) is 9.90. The maximum atomic E-state index is 12.2. The van der Waals surface area contributed by atoms with Crippen molar-refractivity contribution in [3.05, 3.63) is 47.8 Å². The van der Waals surface area contributed by atoms with Crippen molar-refractivity contribution in [3.8, 4) is 11.4 Å². The average molecular weight is 367 g/mol. The molecule has 1 aromatic carbocycles. The molecule has 1 aliphatic rings. The molecular weight excluding hydrogens is 336 g/mol. The van der Waals surface area contributed by atoms with Crippen LogP contribution in [-0.2, 0) is 11.3 Å². The number of hydrogen-bond donors (Lipinski definition) is 1. The Bertz CT molecular complexity index is 757. The van der Waals surface area contributed by atoms with Crippen LogP contribution >= 0.6 is 0 Å². The largest absolute Gasteiger partial charge is 0.342 e. The number of carbonyl (C=O) groups is 1. The smallest absolute Gasteiger partial charge is 0.225 e. The molecule has 1 aliphatic heterocycles. The second-order valence-electron chi connectivity index (χ2n) is 7.86. The van der Waals surface area contributed by atoms with Crippen molar-refractivity contribution in [2.75, 3.05) is 19.6 Å². The fraction of sp³-hybridized carbons (Fsp3) is 0.500. The zero-order chi connectivity index (χ0) is 19.2. The zero-order valence-electron chi connectivity index (χ0n) is 16.6. The highest BCUT2D eigenvalue weighted by atomic mass is 16.2. The standard InChI is InChI=1S/C22H30N4O/c1-16(2)22(27)26-9-5-7-18(15-26)11-23-12-19-13-24-21(25-14-19)20-8-4-6-17(3)10-20/h4,6,8,10,13-14,16,18,23H,5,7,9,11-12,15H2,1-3H3/t18-/m1/s1. The molecule has 1 fully saturated rings. The topological polar surface area (TPSA) is 58.1 Å². The molecule has 1 N–H and O–H groups in total. The summed E-state index contributed by atoms with van der Waals surface area (Å²) < 4.78 is 0. The average Bonchev–Trinajstić information content (AvgIpc) is 2.68. The van der Waals surface area contributed by atoms with Crippen molar-refractivity contribution in [1.82, 2.24) is 20.2 Å². The maximum Gasteiger partial charge on any atom is 0.225 e. The summed E-state index contributed by atoms with van der Waals surface area (Å²) >= 11 is 0. The summed E-state index contributed by atoms with van der Waals surface area (Å²) in [6.07, 6.45) is 6.07. The van der Waals surface area contributed by atoms with E-state index in [1.54, 1.807) is 0 Å². The highest BCUT2D eigenvalue weighted by Gasteiger charge is 2.24. The first-order valence-corrected chi connectivity index (χ1v) is 9.90. The predicted octanol–water partition coefficient (Wildman–Crippen LogP) is 3.44. The van der Waals surface area contributed by atoms with Crippen molar-refractivity contribution < 1.29 is 4.79 Å². The van der Waals surface area contributed by atoms with E-state index in [-0.39, 0.29) is 11.8 Å². The quantitative estimate of drug-likeness (QED) is 0.851. The zero-order valence-corrected chi connectivity index (χ0v) is 16.6. The molecule has 0 saturated carbocycles. The van der Waals surface area contributed by atoms with E-state index < -0.39 is 0 Å². The molecule has 1 atom stereocenters. The molecule has 0 spiro atoms. The summed E-state index contributed by atoms with van der Waals surface area (Å²) in [6.45, 7) is 9.47. The molecule has 27 heavy (non-hydrogen) atoms. The fourth-order valence-electron chi connectivity index (χ4n) is 3.60. The number of hydrogen-bond acceptors (Lipinski definition) is 4. The van der Waals surface area contributed by atoms with Crippen molar-refractivity contribution in [2.45, 2.75) is 40.2 Å². The molecule has 3 rings (SSSR count). The molecular formula is C22H30N4O. The Balaban J connectivity index is 1.48. The van der Waals surface area contributed by atoms with Crippen LogP contribution in [0, 0.1) is 18.8 Å². The lowest BCUT2D eigenvalue weighted by Crippen LogP contribution is -2.44. The minimum Gasteiger partial charge on any atom is -0.342 e. The van der Waals surface area contributed by atoms with E-state index in [0.717, 1.165) is 49.6 Å². The minimum absolute atomic E-state index is 0.0841. The van der Waals surface area contributed by atoms with E-state index >= 15 is 0 Å².